The van der Waals surface area contributed by atoms with Crippen LogP contribution in [-0.2, 0) is 19.4 Å². The van der Waals surface area contributed by atoms with Gasteiger partial charge in [0, 0.05) is 6.42 Å². The zero-order chi connectivity index (χ0) is 21.1. The molecule has 0 bridgehead atoms. The Morgan fingerprint density at radius 1 is 0.923 bits per heavy atom. The minimum Gasteiger partial charge on any atom is -0.726 e. The van der Waals surface area contributed by atoms with Gasteiger partial charge in [0.05, 0.1) is 34.8 Å². The number of carbonyl (C=O) groups excluding carboxylic acids is 1. The number of carbonyl (C=O) groups is 1. The Bertz CT molecular complexity index is 406. The molecule has 0 saturated heterocycles. The average Bonchev–Trinajstić information content (AvgIpc) is 2.49. The van der Waals surface area contributed by atoms with Gasteiger partial charge in [-0.15, -0.1) is 0 Å². The Morgan fingerprint density at radius 2 is 1.31 bits per heavy atom. The predicted molar refractivity (Wildman–Crippen MR) is 106 cm³/mol. The molecule has 0 aromatic heterocycles. The molecule has 0 unspecified atom stereocenters. The molecule has 2 N–H and O–H groups in total. The van der Waals surface area contributed by atoms with Crippen molar-refractivity contribution in [2.45, 2.75) is 78.1 Å². The predicted octanol–water partition coefficient (Wildman–Crippen LogP) is 3.20. The van der Waals surface area contributed by atoms with E-state index >= 15 is 0 Å². The van der Waals surface area contributed by atoms with Gasteiger partial charge in [-0.1, -0.05) is 58.8 Å². The van der Waals surface area contributed by atoms with E-state index in [9.17, 15) is 17.8 Å². The molecule has 0 aliphatic heterocycles. The van der Waals surface area contributed by atoms with E-state index in [-0.39, 0.29) is 5.91 Å². The second kappa shape index (κ2) is 19.1. The molecule has 0 aliphatic carbocycles. The maximum atomic E-state index is 10.4. The van der Waals surface area contributed by atoms with Crippen LogP contribution in [0.2, 0.25) is 0 Å². The van der Waals surface area contributed by atoms with Gasteiger partial charge in [-0.05, 0) is 12.8 Å². The minimum atomic E-state index is -4.41. The van der Waals surface area contributed by atoms with Crippen molar-refractivity contribution in [3.05, 3.63) is 0 Å². The molecule has 26 heavy (non-hydrogen) atoms. The first-order chi connectivity index (χ1) is 11.9. The first-order valence-corrected chi connectivity index (χ1v) is 10.8. The molecule has 0 aromatic carbocycles. The molecule has 7 nitrogen and oxygen atoms in total. The number of nitrogens with zero attached hydrogens (tertiary/aromatic N) is 1. The third-order valence-corrected chi connectivity index (χ3v) is 3.78. The molecule has 1 amide bonds. The number of nitrogens with two attached hydrogens (primary N) is 1. The van der Waals surface area contributed by atoms with E-state index in [1.54, 1.807) is 0 Å². The average molecular weight is 399 g/mol. The molecule has 0 spiro atoms. The van der Waals surface area contributed by atoms with E-state index in [4.69, 9.17) is 5.73 Å². The summed E-state index contributed by atoms with van der Waals surface area (Å²) in [6.07, 6.45) is 12.0. The summed E-state index contributed by atoms with van der Waals surface area (Å²) < 4.78 is 32.1. The number of quaternary nitrogens is 1. The fourth-order valence-electron chi connectivity index (χ4n) is 2.10. The maximum Gasteiger partial charge on any atom is 0.217 e. The molecule has 0 fully saturated rings. The van der Waals surface area contributed by atoms with Crippen molar-refractivity contribution < 1.29 is 26.4 Å². The molecule has 0 saturated carbocycles. The summed E-state index contributed by atoms with van der Waals surface area (Å²) in [6, 6.07) is 0. The zero-order valence-electron chi connectivity index (χ0n) is 17.8. The summed E-state index contributed by atoms with van der Waals surface area (Å²) >= 11 is 0. The molecule has 0 aromatic rings. The highest BCUT2D eigenvalue weighted by Crippen LogP contribution is 2.09. The van der Waals surface area contributed by atoms with Gasteiger partial charge in [-0.25, -0.2) is 8.42 Å². The number of hydrogen-bond donors (Lipinski definition) is 1. The Labute approximate surface area is 161 Å². The van der Waals surface area contributed by atoms with Gasteiger partial charge in [0.15, 0.2) is 0 Å². The topological polar surface area (TPSA) is 110 Å². The van der Waals surface area contributed by atoms with Crippen LogP contribution >= 0.6 is 0 Å². The SMILES string of the molecule is CCCCCCCCCCC(N)=O.CCC[N+](C)(C)C.COS(=O)(=O)[O-]. The minimum absolute atomic E-state index is 0.161. The Morgan fingerprint density at radius 3 is 1.54 bits per heavy atom. The first-order valence-electron chi connectivity index (χ1n) is 9.49. The van der Waals surface area contributed by atoms with Gasteiger partial charge in [-0.2, -0.15) is 0 Å². The number of unbranched alkanes of at least 4 members (excludes halogenated alkanes) is 7. The zero-order valence-corrected chi connectivity index (χ0v) is 18.6. The van der Waals surface area contributed by atoms with Crippen LogP contribution in [0.3, 0.4) is 0 Å². The molecular weight excluding hydrogens is 356 g/mol. The molecule has 0 aliphatic rings. The van der Waals surface area contributed by atoms with E-state index in [0.29, 0.717) is 6.42 Å². The van der Waals surface area contributed by atoms with Crippen molar-refractivity contribution in [1.29, 1.82) is 0 Å². The number of rotatable bonds is 12. The standard InChI is InChI=1S/C11H23NO.C6H16N.CH4O4S/c1-2-3-4-5-6-7-8-9-10-11(12)13;1-5-6-7(2,3)4;1-5-6(2,3)4/h2-10H2,1H3,(H2,12,13);5-6H2,1-4H3;1H3,(H,2,3,4)/q;+1;/p-1. The Balaban J connectivity index is -0.000000342. The molecule has 0 radical (unpaired) electrons. The third-order valence-electron chi connectivity index (χ3n) is 3.38. The summed E-state index contributed by atoms with van der Waals surface area (Å²) in [5, 5.41) is 0. The van der Waals surface area contributed by atoms with Gasteiger partial charge in [-0.3, -0.25) is 8.98 Å². The highest BCUT2D eigenvalue weighted by Gasteiger charge is 2.01. The van der Waals surface area contributed by atoms with Crippen molar-refractivity contribution in [1.82, 2.24) is 0 Å². The lowest BCUT2D eigenvalue weighted by atomic mass is 10.1. The molecule has 0 heterocycles. The van der Waals surface area contributed by atoms with Gasteiger partial charge < -0.3 is 14.8 Å². The fourth-order valence-corrected chi connectivity index (χ4v) is 2.10. The van der Waals surface area contributed by atoms with Gasteiger partial charge in [0.1, 0.15) is 0 Å². The maximum absolute atomic E-state index is 10.4. The van der Waals surface area contributed by atoms with Crippen molar-refractivity contribution in [2.24, 2.45) is 5.73 Å². The van der Waals surface area contributed by atoms with E-state index in [0.717, 1.165) is 24.4 Å². The van der Waals surface area contributed by atoms with Gasteiger partial charge in [0.2, 0.25) is 16.3 Å². The van der Waals surface area contributed by atoms with Crippen LogP contribution in [0.4, 0.5) is 0 Å². The van der Waals surface area contributed by atoms with Crippen molar-refractivity contribution in [3.63, 3.8) is 0 Å². The fraction of sp³-hybridized carbons (Fsp3) is 0.944. The van der Waals surface area contributed by atoms with Crippen LogP contribution in [0.15, 0.2) is 0 Å². The third kappa shape index (κ3) is 43.6. The Hall–Kier alpha value is -0.700. The first kappa shape index (κ1) is 30.0. The lowest BCUT2D eigenvalue weighted by molar-refractivity contribution is -0.870. The second-order valence-corrected chi connectivity index (χ2v) is 8.43. The summed E-state index contributed by atoms with van der Waals surface area (Å²) in [6.45, 7) is 5.72. The highest BCUT2D eigenvalue weighted by atomic mass is 32.3. The normalized spacial score (nSPS) is 11.0. The van der Waals surface area contributed by atoms with Crippen LogP contribution in [0.1, 0.15) is 78.1 Å². The van der Waals surface area contributed by atoms with Crippen LogP contribution < -0.4 is 5.73 Å². The van der Waals surface area contributed by atoms with Crippen molar-refractivity contribution in [2.75, 3.05) is 34.8 Å². The molecular formula is C18H42N2O5S. The lowest BCUT2D eigenvalue weighted by Crippen LogP contribution is -2.34. The monoisotopic (exact) mass is 398 g/mol. The molecule has 0 rings (SSSR count). The Kier molecular flexibility index (Phi) is 22.0. The van der Waals surface area contributed by atoms with E-state index in [2.05, 4.69) is 39.2 Å². The lowest BCUT2D eigenvalue weighted by Gasteiger charge is -2.22. The quantitative estimate of drug-likeness (QED) is 0.235. The van der Waals surface area contributed by atoms with E-state index in [1.807, 2.05) is 0 Å². The van der Waals surface area contributed by atoms with Crippen LogP contribution in [0.5, 0.6) is 0 Å². The molecule has 8 heteroatoms. The number of primary amides is 1. The smallest absolute Gasteiger partial charge is 0.217 e. The summed E-state index contributed by atoms with van der Waals surface area (Å²) in [4.78, 5) is 10.4. The van der Waals surface area contributed by atoms with E-state index in [1.165, 1.54) is 51.5 Å². The summed E-state index contributed by atoms with van der Waals surface area (Å²) in [5.74, 6) is -0.161. The van der Waals surface area contributed by atoms with Crippen LogP contribution in [0, 0.1) is 0 Å². The van der Waals surface area contributed by atoms with Crippen LogP contribution in [0.25, 0.3) is 0 Å². The van der Waals surface area contributed by atoms with Crippen molar-refractivity contribution in [3.8, 4) is 0 Å². The van der Waals surface area contributed by atoms with E-state index < -0.39 is 10.4 Å². The second-order valence-electron chi connectivity index (χ2n) is 7.28. The number of amides is 1. The van der Waals surface area contributed by atoms with Gasteiger partial charge >= 0.3 is 0 Å². The molecule has 160 valence electrons. The largest absolute Gasteiger partial charge is 0.726 e. The summed E-state index contributed by atoms with van der Waals surface area (Å²) in [7, 11) is 3.03. The summed E-state index contributed by atoms with van der Waals surface area (Å²) in [5.41, 5.74) is 5.03. The number of hydrogen-bond acceptors (Lipinski definition) is 5. The highest BCUT2D eigenvalue weighted by molar-refractivity contribution is 7.80. The molecule has 0 atom stereocenters. The van der Waals surface area contributed by atoms with Crippen LogP contribution in [-0.4, -0.2) is 58.2 Å². The van der Waals surface area contributed by atoms with Crippen molar-refractivity contribution >= 4 is 16.3 Å². The van der Waals surface area contributed by atoms with Gasteiger partial charge in [0.25, 0.3) is 0 Å².